The second kappa shape index (κ2) is 14.4. The van der Waals surface area contributed by atoms with Crippen molar-refractivity contribution in [1.29, 1.82) is 0 Å². The van der Waals surface area contributed by atoms with E-state index in [-0.39, 0.29) is 29.8 Å². The number of hydrogen-bond donors (Lipinski definition) is 0. The van der Waals surface area contributed by atoms with Crippen molar-refractivity contribution in [2.75, 3.05) is 0 Å². The summed E-state index contributed by atoms with van der Waals surface area (Å²) in [6, 6.07) is 12.7. The largest absolute Gasteiger partial charge is 0.748 e. The van der Waals surface area contributed by atoms with Crippen LogP contribution in [0.4, 0.5) is 11.4 Å². The quantitative estimate of drug-likeness (QED) is 0.138. The fourth-order valence-corrected chi connectivity index (χ4v) is 3.95. The molecule has 184 valence electrons. The third-order valence-electron chi connectivity index (χ3n) is 4.68. The fourth-order valence-electron chi connectivity index (χ4n) is 3.19. The van der Waals surface area contributed by atoms with Gasteiger partial charge in [-0.05, 0) is 47.2 Å². The minimum Gasteiger partial charge on any atom is -0.748 e. The highest BCUT2D eigenvalue weighted by Gasteiger charge is 2.31. The summed E-state index contributed by atoms with van der Waals surface area (Å²) >= 11 is 0. The molecule has 10 nitrogen and oxygen atoms in total. The minimum absolute atomic E-state index is 0.185. The van der Waals surface area contributed by atoms with Gasteiger partial charge < -0.3 is 4.55 Å². The van der Waals surface area contributed by atoms with E-state index in [1.54, 1.807) is 48.5 Å². The Hall–Kier alpha value is -3.88. The molecule has 1 aliphatic carbocycles. The maximum absolute atomic E-state index is 13.0. The van der Waals surface area contributed by atoms with Crippen LogP contribution < -0.4 is 0 Å². The average Bonchev–Trinajstić information content (AvgIpc) is 2.86. The van der Waals surface area contributed by atoms with Gasteiger partial charge in [-0.3, -0.25) is 4.79 Å². The molecular weight excluding hydrogens is 468 g/mol. The van der Waals surface area contributed by atoms with Crippen molar-refractivity contribution in [2.45, 2.75) is 45.8 Å². The van der Waals surface area contributed by atoms with Gasteiger partial charge in [0.15, 0.2) is 5.78 Å². The molecule has 3 rings (SSSR count). The molecule has 0 aliphatic heterocycles. The molecule has 0 saturated heterocycles. The Kier molecular flexibility index (Phi) is 12.0. The van der Waals surface area contributed by atoms with Crippen molar-refractivity contribution in [2.24, 2.45) is 10.2 Å². The van der Waals surface area contributed by atoms with Crippen LogP contribution in [0.2, 0.25) is 0 Å². The van der Waals surface area contributed by atoms with Crippen LogP contribution in [0.15, 0.2) is 69.9 Å². The summed E-state index contributed by atoms with van der Waals surface area (Å²) in [7, 11) is -4.62. The van der Waals surface area contributed by atoms with Gasteiger partial charge in [-0.25, -0.2) is 8.42 Å². The van der Waals surface area contributed by atoms with Crippen molar-refractivity contribution in [1.82, 2.24) is 0 Å². The highest BCUT2D eigenvalue weighted by Crippen LogP contribution is 2.32. The third kappa shape index (κ3) is 8.77. The number of ketones is 1. The lowest BCUT2D eigenvalue weighted by molar-refractivity contribution is -0.112. The number of Topliss-reactive ketones (excluding diaryl/α,β-unsaturated/α-hetero) is 1. The topological polar surface area (TPSA) is 172 Å². The van der Waals surface area contributed by atoms with Crippen LogP contribution in [0.5, 0.6) is 0 Å². The van der Waals surface area contributed by atoms with Gasteiger partial charge in [0.1, 0.15) is 0 Å². The predicted molar refractivity (Wildman–Crippen MR) is 137 cm³/mol. The zero-order valence-corrected chi connectivity index (χ0v) is 20.8. The fraction of sp³-hybridized carbons (Fsp3) is 0.292. The summed E-state index contributed by atoms with van der Waals surface area (Å²) in [5.41, 5.74) is 19.3. The van der Waals surface area contributed by atoms with Gasteiger partial charge in [-0.1, -0.05) is 86.5 Å². The van der Waals surface area contributed by atoms with E-state index in [4.69, 9.17) is 11.1 Å². The maximum Gasteiger partial charge on any atom is 0.185 e. The van der Waals surface area contributed by atoms with Crippen LogP contribution in [0.3, 0.4) is 0 Å². The van der Waals surface area contributed by atoms with Gasteiger partial charge in [0.05, 0.1) is 15.4 Å². The van der Waals surface area contributed by atoms with E-state index >= 15 is 0 Å². The summed E-state index contributed by atoms with van der Waals surface area (Å²) in [6.07, 6.45) is 2.68. The van der Waals surface area contributed by atoms with E-state index in [2.05, 4.69) is 20.1 Å². The zero-order chi connectivity index (χ0) is 26.4. The van der Waals surface area contributed by atoms with E-state index in [9.17, 15) is 17.8 Å². The molecule has 0 N–H and O–H groups in total. The Balaban J connectivity index is 0.00000145. The number of rotatable bonds is 5. The van der Waals surface area contributed by atoms with Gasteiger partial charge in [0.25, 0.3) is 0 Å². The molecule has 2 aromatic carbocycles. The summed E-state index contributed by atoms with van der Waals surface area (Å²) in [4.78, 5) is 18.4. The minimum atomic E-state index is -4.62. The first-order chi connectivity index (χ1) is 16.8. The molecule has 2 aromatic rings. The highest BCUT2D eigenvalue weighted by atomic mass is 32.2. The molecule has 0 atom stereocenters. The van der Waals surface area contributed by atoms with Crippen LogP contribution in [-0.2, 0) is 14.9 Å². The van der Waals surface area contributed by atoms with E-state index < -0.39 is 15.4 Å². The standard InChI is InChI=1S/C20H16N6O4S.2C2H6/c21-25-23-17-5-1-13(2-6-17)9-15-11-19(31(28,29)30)12-16(20(15)27)10-14-3-7-18(8-4-14)24-26-22;2*1-2/h1-10,19H,11-12H2,(H,28,29,30);2*1-2H3/p-1/b15-9+,16-10+;;. The van der Waals surface area contributed by atoms with Crippen molar-refractivity contribution in [3.8, 4) is 0 Å². The molecule has 0 heterocycles. The van der Waals surface area contributed by atoms with Gasteiger partial charge in [-0.2, -0.15) is 0 Å². The molecule has 1 fully saturated rings. The smallest absolute Gasteiger partial charge is 0.185 e. The Morgan fingerprint density at radius 3 is 1.43 bits per heavy atom. The van der Waals surface area contributed by atoms with Gasteiger partial charge in [0.2, 0.25) is 0 Å². The number of nitrogens with zero attached hydrogens (tertiary/aromatic N) is 6. The van der Waals surface area contributed by atoms with Crippen LogP contribution in [0, 0.1) is 0 Å². The average molecular weight is 496 g/mol. The molecule has 0 aromatic heterocycles. The third-order valence-corrected chi connectivity index (χ3v) is 5.82. The monoisotopic (exact) mass is 495 g/mol. The van der Waals surface area contributed by atoms with Crippen molar-refractivity contribution >= 4 is 39.4 Å². The first-order valence-electron chi connectivity index (χ1n) is 11.0. The molecule has 11 heteroatoms. The number of hydrogen-bond acceptors (Lipinski definition) is 6. The SMILES string of the molecule is CC.CC.[N-]=[N+]=Nc1ccc(/C=C2\CC(S(=O)(=O)[O-])C/C(=C\c3ccc(N=[N+]=[N-])cc3)C2=O)cc1. The van der Waals surface area contributed by atoms with E-state index in [0.29, 0.717) is 22.5 Å². The molecule has 0 amide bonds. The van der Waals surface area contributed by atoms with Gasteiger partial charge >= 0.3 is 0 Å². The van der Waals surface area contributed by atoms with Gasteiger partial charge in [-0.15, -0.1) is 0 Å². The lowest BCUT2D eigenvalue weighted by Crippen LogP contribution is -2.30. The number of carbonyl (C=O) groups is 1. The van der Waals surface area contributed by atoms with E-state index in [1.165, 1.54) is 12.2 Å². The lowest BCUT2D eigenvalue weighted by Gasteiger charge is -2.27. The maximum atomic E-state index is 13.0. The first kappa shape index (κ1) is 29.2. The summed E-state index contributed by atoms with van der Waals surface area (Å²) in [5.74, 6) is -0.349. The molecule has 1 aliphatic rings. The second-order valence-electron chi connectivity index (χ2n) is 6.75. The predicted octanol–water partition coefficient (Wildman–Crippen LogP) is 7.37. The van der Waals surface area contributed by atoms with Crippen molar-refractivity contribution in [3.63, 3.8) is 0 Å². The summed E-state index contributed by atoms with van der Waals surface area (Å²) in [5, 5.41) is 5.68. The molecule has 0 spiro atoms. The summed E-state index contributed by atoms with van der Waals surface area (Å²) in [6.45, 7) is 8.00. The normalized spacial score (nSPS) is 17.2. The van der Waals surface area contributed by atoms with Crippen LogP contribution in [0.1, 0.15) is 51.7 Å². The van der Waals surface area contributed by atoms with Crippen LogP contribution >= 0.6 is 0 Å². The Morgan fingerprint density at radius 2 is 1.14 bits per heavy atom. The number of allylic oxidation sites excluding steroid dienone is 2. The van der Waals surface area contributed by atoms with Gasteiger partial charge in [0, 0.05) is 32.3 Å². The first-order valence-corrected chi connectivity index (χ1v) is 12.5. The van der Waals surface area contributed by atoms with Crippen molar-refractivity contribution < 1.29 is 17.8 Å². The van der Waals surface area contributed by atoms with Crippen LogP contribution in [0.25, 0.3) is 33.0 Å². The highest BCUT2D eigenvalue weighted by molar-refractivity contribution is 7.86. The molecule has 0 unspecified atom stereocenters. The molecular formula is C24H27N6O4S-. The molecule has 35 heavy (non-hydrogen) atoms. The Bertz CT molecular complexity index is 1190. The number of azide groups is 2. The lowest BCUT2D eigenvalue weighted by atomic mass is 9.86. The summed E-state index contributed by atoms with van der Waals surface area (Å²) < 4.78 is 35.1. The Morgan fingerprint density at radius 1 is 0.800 bits per heavy atom. The molecule has 0 radical (unpaired) electrons. The second-order valence-corrected chi connectivity index (χ2v) is 8.41. The van der Waals surface area contributed by atoms with Crippen LogP contribution in [-0.4, -0.2) is 24.0 Å². The molecule has 0 bridgehead atoms. The van der Waals surface area contributed by atoms with E-state index in [0.717, 1.165) is 0 Å². The Labute approximate surface area is 205 Å². The molecule has 1 saturated carbocycles. The number of carbonyl (C=O) groups excluding carboxylic acids is 1. The number of benzene rings is 2. The van der Waals surface area contributed by atoms with E-state index in [1.807, 2.05) is 27.7 Å². The zero-order valence-electron chi connectivity index (χ0n) is 20.0. The van der Waals surface area contributed by atoms with Crippen molar-refractivity contribution in [3.05, 3.63) is 91.7 Å².